The first-order chi connectivity index (χ1) is 7.24. The number of carbonyl (C=O) groups is 1. The number of hydrogen-bond donors (Lipinski definition) is 2. The van der Waals surface area contributed by atoms with Crippen molar-refractivity contribution >= 4 is 11.9 Å². The third-order valence-corrected chi connectivity index (χ3v) is 2.19. The standard InChI is InChI=1S/C9H14N4O2/c1-6-11-9(15-13-6)12-8(14)5-10-4-7-2-3-7/h7,10H,2-5H2,1H3,(H,11,12,13,14). The summed E-state index contributed by atoms with van der Waals surface area (Å²) in [5.41, 5.74) is 0. The van der Waals surface area contributed by atoms with Gasteiger partial charge < -0.3 is 9.84 Å². The van der Waals surface area contributed by atoms with E-state index in [1.165, 1.54) is 12.8 Å². The van der Waals surface area contributed by atoms with Crippen molar-refractivity contribution in [2.24, 2.45) is 5.92 Å². The number of nitrogens with zero attached hydrogens (tertiary/aromatic N) is 2. The topological polar surface area (TPSA) is 80.0 Å². The molecule has 6 nitrogen and oxygen atoms in total. The molecule has 1 fully saturated rings. The number of nitrogens with one attached hydrogen (secondary N) is 2. The molecule has 2 N–H and O–H groups in total. The molecule has 0 aliphatic heterocycles. The number of anilines is 1. The second-order valence-corrected chi connectivity index (χ2v) is 3.77. The lowest BCUT2D eigenvalue weighted by Gasteiger charge is -2.01. The predicted molar refractivity (Wildman–Crippen MR) is 53.3 cm³/mol. The third kappa shape index (κ3) is 3.32. The fraction of sp³-hybridized carbons (Fsp3) is 0.667. The summed E-state index contributed by atoms with van der Waals surface area (Å²) < 4.78 is 4.75. The quantitative estimate of drug-likeness (QED) is 0.731. The molecule has 6 heteroatoms. The summed E-state index contributed by atoms with van der Waals surface area (Å²) in [6.07, 6.45) is 2.55. The minimum atomic E-state index is -0.153. The average molecular weight is 210 g/mol. The van der Waals surface area contributed by atoms with E-state index in [4.69, 9.17) is 4.52 Å². The Morgan fingerprint density at radius 2 is 2.40 bits per heavy atom. The van der Waals surface area contributed by atoms with Gasteiger partial charge in [-0.25, -0.2) is 0 Å². The highest BCUT2D eigenvalue weighted by Crippen LogP contribution is 2.27. The Morgan fingerprint density at radius 3 is 3.00 bits per heavy atom. The summed E-state index contributed by atoms with van der Waals surface area (Å²) in [5.74, 6) is 1.12. The maximum absolute atomic E-state index is 11.3. The van der Waals surface area contributed by atoms with Crippen LogP contribution in [0.25, 0.3) is 0 Å². The highest BCUT2D eigenvalue weighted by Gasteiger charge is 2.20. The van der Waals surface area contributed by atoms with Crippen molar-refractivity contribution in [3.8, 4) is 0 Å². The molecule has 1 aromatic rings. The zero-order valence-corrected chi connectivity index (χ0v) is 8.62. The molecule has 0 atom stereocenters. The zero-order chi connectivity index (χ0) is 10.7. The molecule has 0 bridgehead atoms. The lowest BCUT2D eigenvalue weighted by molar-refractivity contribution is -0.115. The number of carbonyl (C=O) groups excluding carboxylic acids is 1. The normalized spacial score (nSPS) is 15.3. The molecule has 1 heterocycles. The SMILES string of the molecule is Cc1noc(NC(=O)CNCC2CC2)n1. The van der Waals surface area contributed by atoms with Gasteiger partial charge in [-0.15, -0.1) is 0 Å². The van der Waals surface area contributed by atoms with Gasteiger partial charge in [0, 0.05) is 0 Å². The van der Waals surface area contributed by atoms with E-state index in [1.54, 1.807) is 6.92 Å². The van der Waals surface area contributed by atoms with Gasteiger partial charge in [0.2, 0.25) is 5.91 Å². The first-order valence-corrected chi connectivity index (χ1v) is 5.05. The van der Waals surface area contributed by atoms with Crippen molar-refractivity contribution < 1.29 is 9.32 Å². The molecule has 1 aliphatic carbocycles. The van der Waals surface area contributed by atoms with Crippen LogP contribution in [0.1, 0.15) is 18.7 Å². The van der Waals surface area contributed by atoms with Gasteiger partial charge in [-0.05, 0) is 32.2 Å². The summed E-state index contributed by atoms with van der Waals surface area (Å²) in [7, 11) is 0. The van der Waals surface area contributed by atoms with Gasteiger partial charge >= 0.3 is 6.01 Å². The zero-order valence-electron chi connectivity index (χ0n) is 8.62. The fourth-order valence-electron chi connectivity index (χ4n) is 1.22. The van der Waals surface area contributed by atoms with Crippen LogP contribution in [0, 0.1) is 12.8 Å². The summed E-state index contributed by atoms with van der Waals surface area (Å²) in [6.45, 7) is 2.90. The summed E-state index contributed by atoms with van der Waals surface area (Å²) in [4.78, 5) is 15.2. The van der Waals surface area contributed by atoms with Gasteiger partial charge in [-0.1, -0.05) is 5.16 Å². The molecule has 15 heavy (non-hydrogen) atoms. The Morgan fingerprint density at radius 1 is 1.60 bits per heavy atom. The summed E-state index contributed by atoms with van der Waals surface area (Å²) >= 11 is 0. The second kappa shape index (κ2) is 4.39. The van der Waals surface area contributed by atoms with Crippen LogP contribution in [0.2, 0.25) is 0 Å². The van der Waals surface area contributed by atoms with Crippen LogP contribution in [0.15, 0.2) is 4.52 Å². The van der Waals surface area contributed by atoms with Crippen LogP contribution >= 0.6 is 0 Å². The Bertz CT molecular complexity index is 346. The highest BCUT2D eigenvalue weighted by atomic mass is 16.5. The van der Waals surface area contributed by atoms with Gasteiger partial charge in [0.05, 0.1) is 6.54 Å². The van der Waals surface area contributed by atoms with E-state index in [0.717, 1.165) is 12.5 Å². The number of rotatable bonds is 5. The predicted octanol–water partition coefficient (Wildman–Crippen LogP) is 0.316. The lowest BCUT2D eigenvalue weighted by Crippen LogP contribution is -2.29. The van der Waals surface area contributed by atoms with Gasteiger partial charge in [-0.3, -0.25) is 10.1 Å². The van der Waals surface area contributed by atoms with E-state index in [0.29, 0.717) is 5.82 Å². The van der Waals surface area contributed by atoms with Crippen molar-refractivity contribution in [3.05, 3.63) is 5.82 Å². The number of hydrogen-bond acceptors (Lipinski definition) is 5. The maximum Gasteiger partial charge on any atom is 0.328 e. The largest absolute Gasteiger partial charge is 0.328 e. The Balaban J connectivity index is 1.67. The fourth-order valence-corrected chi connectivity index (χ4v) is 1.22. The first kappa shape index (κ1) is 10.1. The molecule has 0 aromatic carbocycles. The molecule has 2 rings (SSSR count). The van der Waals surface area contributed by atoms with Crippen molar-refractivity contribution in [3.63, 3.8) is 0 Å². The van der Waals surface area contributed by atoms with Gasteiger partial charge in [0.1, 0.15) is 0 Å². The van der Waals surface area contributed by atoms with Crippen LogP contribution in [0.3, 0.4) is 0 Å². The molecular formula is C9H14N4O2. The molecule has 1 saturated carbocycles. The minimum Gasteiger partial charge on any atom is -0.315 e. The van der Waals surface area contributed by atoms with Crippen LogP contribution in [-0.4, -0.2) is 29.1 Å². The highest BCUT2D eigenvalue weighted by molar-refractivity contribution is 5.90. The lowest BCUT2D eigenvalue weighted by atomic mass is 10.4. The monoisotopic (exact) mass is 210 g/mol. The van der Waals surface area contributed by atoms with E-state index in [1.807, 2.05) is 0 Å². The molecular weight excluding hydrogens is 196 g/mol. The van der Waals surface area contributed by atoms with Gasteiger partial charge in [0.25, 0.3) is 0 Å². The molecule has 82 valence electrons. The van der Waals surface area contributed by atoms with E-state index in [-0.39, 0.29) is 18.5 Å². The Kier molecular flexibility index (Phi) is 2.96. The molecule has 1 aliphatic rings. The molecule has 1 amide bonds. The number of aromatic nitrogens is 2. The van der Waals surface area contributed by atoms with Crippen molar-refractivity contribution in [2.75, 3.05) is 18.4 Å². The minimum absolute atomic E-state index is 0.153. The summed E-state index contributed by atoms with van der Waals surface area (Å²) in [5, 5.41) is 9.15. The number of amides is 1. The average Bonchev–Trinajstić information content (AvgIpc) is 2.91. The van der Waals surface area contributed by atoms with Gasteiger partial charge in [0.15, 0.2) is 5.82 Å². The molecule has 0 unspecified atom stereocenters. The van der Waals surface area contributed by atoms with Crippen molar-refractivity contribution in [2.45, 2.75) is 19.8 Å². The van der Waals surface area contributed by atoms with E-state index in [9.17, 15) is 4.79 Å². The van der Waals surface area contributed by atoms with Crippen molar-refractivity contribution in [1.29, 1.82) is 0 Å². The third-order valence-electron chi connectivity index (χ3n) is 2.19. The van der Waals surface area contributed by atoms with Crippen LogP contribution in [-0.2, 0) is 4.79 Å². The van der Waals surface area contributed by atoms with Crippen LogP contribution < -0.4 is 10.6 Å². The van der Waals surface area contributed by atoms with E-state index < -0.39 is 0 Å². The molecule has 0 saturated heterocycles. The smallest absolute Gasteiger partial charge is 0.315 e. The first-order valence-electron chi connectivity index (χ1n) is 5.05. The molecule has 0 spiro atoms. The van der Waals surface area contributed by atoms with Gasteiger partial charge in [-0.2, -0.15) is 4.98 Å². The maximum atomic E-state index is 11.3. The molecule has 1 aromatic heterocycles. The van der Waals surface area contributed by atoms with Crippen molar-refractivity contribution in [1.82, 2.24) is 15.5 Å². The van der Waals surface area contributed by atoms with E-state index >= 15 is 0 Å². The second-order valence-electron chi connectivity index (χ2n) is 3.77. The molecule has 0 radical (unpaired) electrons. The summed E-state index contributed by atoms with van der Waals surface area (Å²) in [6, 6.07) is 0.158. The Hall–Kier alpha value is -1.43. The van der Waals surface area contributed by atoms with Crippen LogP contribution in [0.4, 0.5) is 6.01 Å². The van der Waals surface area contributed by atoms with E-state index in [2.05, 4.69) is 20.8 Å². The Labute approximate surface area is 87.4 Å². The van der Waals surface area contributed by atoms with Crippen LogP contribution in [0.5, 0.6) is 0 Å². The number of aryl methyl sites for hydroxylation is 1.